The van der Waals surface area contributed by atoms with Crippen LogP contribution in [0.2, 0.25) is 0 Å². The lowest BCUT2D eigenvalue weighted by Crippen LogP contribution is -2.18. The molecule has 0 nitrogen and oxygen atoms in total. The maximum Gasteiger partial charge on any atom is 0.417 e. The third-order valence-electron chi connectivity index (χ3n) is 4.76. The van der Waals surface area contributed by atoms with Gasteiger partial charge in [0.05, 0.1) is 16.7 Å². The molecule has 0 bridgehead atoms. The van der Waals surface area contributed by atoms with Gasteiger partial charge in [0.15, 0.2) is 0 Å². The van der Waals surface area contributed by atoms with Crippen molar-refractivity contribution in [1.29, 1.82) is 0 Å². The average molecular weight is 424 g/mol. The van der Waals surface area contributed by atoms with Crippen molar-refractivity contribution < 1.29 is 39.5 Å². The first-order valence-electron chi connectivity index (χ1n) is 8.44. The zero-order valence-corrected chi connectivity index (χ0v) is 14.8. The van der Waals surface area contributed by atoms with E-state index in [1.807, 2.05) is 0 Å². The molecule has 1 aliphatic rings. The van der Waals surface area contributed by atoms with Crippen LogP contribution in [0.15, 0.2) is 35.9 Å². The molecule has 0 heterocycles. The minimum Gasteiger partial charge on any atom is -0.166 e. The van der Waals surface area contributed by atoms with Gasteiger partial charge >= 0.3 is 18.5 Å². The maximum atomic E-state index is 13.6. The Bertz CT molecular complexity index is 938. The first kappa shape index (κ1) is 21.3. The van der Waals surface area contributed by atoms with Gasteiger partial charge in [-0.3, -0.25) is 0 Å². The molecule has 1 aliphatic carbocycles. The maximum absolute atomic E-state index is 13.6. The van der Waals surface area contributed by atoms with Gasteiger partial charge in [-0.05, 0) is 41.7 Å². The van der Waals surface area contributed by atoms with Crippen molar-refractivity contribution >= 4 is 6.08 Å². The second-order valence-corrected chi connectivity index (χ2v) is 6.65. The molecule has 0 saturated carbocycles. The summed E-state index contributed by atoms with van der Waals surface area (Å²) in [6.45, 7) is 1.79. The summed E-state index contributed by atoms with van der Waals surface area (Å²) in [5, 5.41) is 0. The number of alkyl halides is 9. The topological polar surface area (TPSA) is 0 Å². The molecule has 2 aromatic rings. The van der Waals surface area contributed by atoms with Crippen molar-refractivity contribution in [1.82, 2.24) is 0 Å². The molecule has 9 heteroatoms. The number of hydrogen-bond acceptors (Lipinski definition) is 0. The lowest BCUT2D eigenvalue weighted by Gasteiger charge is -2.22. The van der Waals surface area contributed by atoms with E-state index in [1.54, 1.807) is 13.0 Å². The fourth-order valence-corrected chi connectivity index (χ4v) is 3.43. The molecular formula is C20H13F9. The predicted octanol–water partition coefficient (Wildman–Crippen LogP) is 7.76. The number of allylic oxidation sites excluding steroid dienone is 1. The Balaban J connectivity index is 2.44. The van der Waals surface area contributed by atoms with Crippen LogP contribution >= 0.6 is 0 Å². The van der Waals surface area contributed by atoms with E-state index in [2.05, 4.69) is 0 Å². The fraction of sp³-hybridized carbons (Fsp3) is 0.300. The molecule has 0 fully saturated rings. The molecule has 29 heavy (non-hydrogen) atoms. The summed E-state index contributed by atoms with van der Waals surface area (Å²) in [5.74, 6) is 0. The Morgan fingerprint density at radius 2 is 1.34 bits per heavy atom. The molecule has 0 N–H and O–H groups in total. The largest absolute Gasteiger partial charge is 0.417 e. The van der Waals surface area contributed by atoms with Crippen LogP contribution < -0.4 is 0 Å². The molecule has 3 rings (SSSR count). The lowest BCUT2D eigenvalue weighted by atomic mass is 9.88. The highest BCUT2D eigenvalue weighted by Crippen LogP contribution is 2.49. The number of halogens is 9. The van der Waals surface area contributed by atoms with E-state index >= 15 is 0 Å². The molecule has 0 radical (unpaired) electrons. The van der Waals surface area contributed by atoms with Gasteiger partial charge < -0.3 is 0 Å². The SMILES string of the molecule is CCC1=Cc2c(cccc2-c2c(C(F)(F)F)cc(C(F)(F)F)cc2C(F)(F)F)C1. The van der Waals surface area contributed by atoms with Gasteiger partial charge in [0.2, 0.25) is 0 Å². The van der Waals surface area contributed by atoms with E-state index in [4.69, 9.17) is 0 Å². The van der Waals surface area contributed by atoms with Crippen molar-refractivity contribution in [2.75, 3.05) is 0 Å². The molecule has 0 atom stereocenters. The Morgan fingerprint density at radius 1 is 0.793 bits per heavy atom. The minimum absolute atomic E-state index is 0.167. The van der Waals surface area contributed by atoms with Crippen molar-refractivity contribution in [3.05, 3.63) is 63.7 Å². The van der Waals surface area contributed by atoms with Gasteiger partial charge in [-0.15, -0.1) is 0 Å². The highest BCUT2D eigenvalue weighted by Gasteiger charge is 2.45. The van der Waals surface area contributed by atoms with Crippen LogP contribution in [0.4, 0.5) is 39.5 Å². The predicted molar refractivity (Wildman–Crippen MR) is 88.9 cm³/mol. The summed E-state index contributed by atoms with van der Waals surface area (Å²) in [7, 11) is 0. The molecule has 0 amide bonds. The number of rotatable bonds is 2. The summed E-state index contributed by atoms with van der Waals surface area (Å²) in [5.41, 5.74) is -6.11. The first-order valence-corrected chi connectivity index (χ1v) is 8.44. The summed E-state index contributed by atoms with van der Waals surface area (Å²) in [4.78, 5) is 0. The van der Waals surface area contributed by atoms with Crippen LogP contribution in [-0.2, 0) is 24.9 Å². The van der Waals surface area contributed by atoms with Crippen LogP contribution in [0.25, 0.3) is 17.2 Å². The second-order valence-electron chi connectivity index (χ2n) is 6.65. The summed E-state index contributed by atoms with van der Waals surface area (Å²) >= 11 is 0. The summed E-state index contributed by atoms with van der Waals surface area (Å²) in [6, 6.07) is 3.43. The van der Waals surface area contributed by atoms with Gasteiger partial charge in [0.1, 0.15) is 0 Å². The Kier molecular flexibility index (Phi) is 4.99. The monoisotopic (exact) mass is 424 g/mol. The number of hydrogen-bond donors (Lipinski definition) is 0. The van der Waals surface area contributed by atoms with Crippen molar-refractivity contribution in [2.24, 2.45) is 0 Å². The van der Waals surface area contributed by atoms with Crippen LogP contribution in [0.5, 0.6) is 0 Å². The number of fused-ring (bicyclic) bond motifs is 1. The highest BCUT2D eigenvalue weighted by atomic mass is 19.4. The first-order chi connectivity index (χ1) is 13.2. The molecule has 0 aliphatic heterocycles. The summed E-state index contributed by atoms with van der Waals surface area (Å²) in [6.07, 6.45) is -13.8. The van der Waals surface area contributed by atoms with Crippen molar-refractivity contribution in [3.8, 4) is 11.1 Å². The standard InChI is InChI=1S/C20H13F9/c1-2-10-6-11-4-3-5-13(14(11)7-10)17-15(19(24,25)26)8-12(18(21,22)23)9-16(17)20(27,28)29/h3-5,7-9H,2,6H2,1H3. The molecule has 0 unspecified atom stereocenters. The molecule has 0 aromatic heterocycles. The average Bonchev–Trinajstić information content (AvgIpc) is 3.01. The van der Waals surface area contributed by atoms with Crippen LogP contribution in [0, 0.1) is 0 Å². The fourth-order valence-electron chi connectivity index (χ4n) is 3.43. The lowest BCUT2D eigenvalue weighted by molar-refractivity contribution is -0.147. The molecular weight excluding hydrogens is 411 g/mol. The van der Waals surface area contributed by atoms with Gasteiger partial charge in [-0.25, -0.2) is 0 Å². The Labute approximate surface area is 159 Å². The van der Waals surface area contributed by atoms with Gasteiger partial charge in [0, 0.05) is 5.56 Å². The van der Waals surface area contributed by atoms with E-state index in [9.17, 15) is 39.5 Å². The molecule has 2 aromatic carbocycles. The van der Waals surface area contributed by atoms with Crippen LogP contribution in [0.1, 0.15) is 41.2 Å². The van der Waals surface area contributed by atoms with Crippen LogP contribution in [-0.4, -0.2) is 0 Å². The van der Waals surface area contributed by atoms with E-state index in [0.29, 0.717) is 18.4 Å². The second kappa shape index (κ2) is 6.81. The zero-order valence-electron chi connectivity index (χ0n) is 14.8. The van der Waals surface area contributed by atoms with E-state index in [-0.39, 0.29) is 23.3 Å². The molecule has 0 saturated heterocycles. The van der Waals surface area contributed by atoms with Gasteiger partial charge in [-0.2, -0.15) is 39.5 Å². The quantitative estimate of drug-likeness (QED) is 0.432. The van der Waals surface area contributed by atoms with Gasteiger partial charge in [0.25, 0.3) is 0 Å². The van der Waals surface area contributed by atoms with Crippen molar-refractivity contribution in [3.63, 3.8) is 0 Å². The van der Waals surface area contributed by atoms with Gasteiger partial charge in [-0.1, -0.05) is 36.8 Å². The minimum atomic E-state index is -5.42. The Hall–Kier alpha value is -2.45. The summed E-state index contributed by atoms with van der Waals surface area (Å²) < 4.78 is 121. The van der Waals surface area contributed by atoms with E-state index in [0.717, 1.165) is 11.6 Å². The third-order valence-corrected chi connectivity index (χ3v) is 4.76. The third kappa shape index (κ3) is 4.00. The van der Waals surface area contributed by atoms with Crippen LogP contribution in [0.3, 0.4) is 0 Å². The normalized spacial score (nSPS) is 14.8. The van der Waals surface area contributed by atoms with E-state index < -0.39 is 40.8 Å². The Morgan fingerprint density at radius 3 is 1.79 bits per heavy atom. The van der Waals surface area contributed by atoms with Crippen molar-refractivity contribution in [2.45, 2.75) is 38.3 Å². The zero-order chi connectivity index (χ0) is 21.8. The number of benzene rings is 2. The van der Waals surface area contributed by atoms with E-state index in [1.165, 1.54) is 12.1 Å². The molecule has 0 spiro atoms. The smallest absolute Gasteiger partial charge is 0.166 e. The highest BCUT2D eigenvalue weighted by molar-refractivity contribution is 5.84. The molecule has 156 valence electrons.